The van der Waals surface area contributed by atoms with Crippen molar-refractivity contribution in [3.63, 3.8) is 0 Å². The number of unbranched alkanes of at least 4 members (excludes halogenated alkanes) is 14. The van der Waals surface area contributed by atoms with Gasteiger partial charge in [0.1, 0.15) is 54.1 Å². The van der Waals surface area contributed by atoms with Gasteiger partial charge in [-0.3, -0.25) is 58.3 Å². The van der Waals surface area contributed by atoms with Crippen molar-refractivity contribution in [2.24, 2.45) is 71.8 Å². The molecule has 32 nitrogen and oxygen atoms in total. The van der Waals surface area contributed by atoms with E-state index in [1.54, 1.807) is 13.8 Å². The van der Waals surface area contributed by atoms with Gasteiger partial charge in [-0.1, -0.05) is 123 Å². The molecule has 1 aliphatic rings. The number of amides is 8. The van der Waals surface area contributed by atoms with Gasteiger partial charge in [-0.15, -0.1) is 0 Å². The molecule has 32 heteroatoms. The minimum atomic E-state index is -1.55. The van der Waals surface area contributed by atoms with Crippen molar-refractivity contribution in [3.8, 4) is 5.75 Å². The molecule has 2 rings (SSSR count). The second kappa shape index (κ2) is 48.1. The van der Waals surface area contributed by atoms with Crippen molar-refractivity contribution >= 4 is 77.1 Å². The quantitative estimate of drug-likeness (QED) is 0.0230. The van der Waals surface area contributed by atoms with Crippen LogP contribution < -0.4 is 83.1 Å². The molecule has 97 heavy (non-hydrogen) atoms. The van der Waals surface area contributed by atoms with Crippen molar-refractivity contribution in [1.82, 2.24) is 42.1 Å². The number of guanidine groups is 4. The largest absolute Gasteiger partial charge is 0.508 e. The van der Waals surface area contributed by atoms with Crippen molar-refractivity contribution in [3.05, 3.63) is 29.8 Å². The molecule has 1 aromatic carbocycles. The molecule has 0 spiro atoms. The van der Waals surface area contributed by atoms with E-state index >= 15 is 0 Å². The molecule has 1 fully saturated rings. The Bertz CT molecular complexity index is 2700. The van der Waals surface area contributed by atoms with E-state index in [0.29, 0.717) is 18.4 Å². The zero-order valence-corrected chi connectivity index (χ0v) is 57.6. The number of phenols is 1. The molecule has 1 aliphatic heterocycles. The van der Waals surface area contributed by atoms with Gasteiger partial charge in [0, 0.05) is 45.6 Å². The number of rotatable bonds is 51. The molecule has 0 aromatic heterocycles. The fourth-order valence-corrected chi connectivity index (χ4v) is 11.1. The summed E-state index contributed by atoms with van der Waals surface area (Å²) in [7, 11) is 0. The topological polar surface area (TPSA) is 559 Å². The first-order valence-corrected chi connectivity index (χ1v) is 34.5. The number of benzene rings is 1. The second-order valence-electron chi connectivity index (χ2n) is 25.2. The molecule has 0 radical (unpaired) electrons. The van der Waals surface area contributed by atoms with Crippen LogP contribution in [0.25, 0.3) is 0 Å². The summed E-state index contributed by atoms with van der Waals surface area (Å²) in [6, 6.07) is -5.41. The smallest absolute Gasteiger partial charge is 0.326 e. The highest BCUT2D eigenvalue weighted by Crippen LogP contribution is 2.22. The number of nitrogens with two attached hydrogens (primary N) is 8. The van der Waals surface area contributed by atoms with Crippen LogP contribution in [-0.2, 0) is 49.6 Å². The van der Waals surface area contributed by atoms with Gasteiger partial charge < -0.3 is 103 Å². The number of aliphatic hydroxyl groups excluding tert-OH is 1. The van der Waals surface area contributed by atoms with Crippen LogP contribution >= 0.6 is 0 Å². The predicted molar refractivity (Wildman–Crippen MR) is 373 cm³/mol. The molecule has 548 valence electrons. The molecule has 1 aromatic rings. The number of nitrogens with zero attached hydrogens (tertiary/aromatic N) is 5. The Labute approximate surface area is 571 Å². The zero-order valence-electron chi connectivity index (χ0n) is 57.6. The number of carbonyl (C=O) groups excluding carboxylic acids is 8. The average Bonchev–Trinajstić information content (AvgIpc) is 1.79. The Hall–Kier alpha value is -8.71. The number of carbonyl (C=O) groups is 9. The Morgan fingerprint density at radius 1 is 0.485 bits per heavy atom. The first-order valence-electron chi connectivity index (χ1n) is 34.5. The number of carboxylic acid groups (broad SMARTS) is 1. The fourth-order valence-electron chi connectivity index (χ4n) is 11.1. The number of aliphatic hydroxyl groups is 1. The number of likely N-dealkylation sites (tertiary alicyclic amines) is 1. The lowest BCUT2D eigenvalue weighted by Gasteiger charge is -2.32. The number of carboxylic acids is 1. The lowest BCUT2D eigenvalue weighted by atomic mass is 10.0. The molecule has 1 saturated heterocycles. The third kappa shape index (κ3) is 36.3. The minimum absolute atomic E-state index is 0.0125. The number of nitrogens with one attached hydrogen (secondary N) is 7. The normalized spacial score (nSPS) is 15.1. The molecule has 8 amide bonds. The van der Waals surface area contributed by atoms with Gasteiger partial charge in [0.2, 0.25) is 47.3 Å². The summed E-state index contributed by atoms with van der Waals surface area (Å²) in [6.07, 6.45) is 16.5. The zero-order chi connectivity index (χ0) is 72.2. The third-order valence-electron chi connectivity index (χ3n) is 16.5. The van der Waals surface area contributed by atoms with Crippen molar-refractivity contribution in [2.45, 2.75) is 255 Å². The molecule has 0 aliphatic carbocycles. The molecular formula is C65H116N20O12. The first-order chi connectivity index (χ1) is 46.1. The van der Waals surface area contributed by atoms with Crippen molar-refractivity contribution in [1.29, 1.82) is 0 Å². The molecule has 0 bridgehead atoms. The number of aliphatic imine (C=N–C) groups is 4. The molecule has 1 heterocycles. The highest BCUT2D eigenvalue weighted by atomic mass is 16.4. The number of hydrogen-bond donors (Lipinski definition) is 18. The average molecular weight is 1370 g/mol. The third-order valence-corrected chi connectivity index (χ3v) is 16.5. The maximum atomic E-state index is 14.8. The van der Waals surface area contributed by atoms with Gasteiger partial charge >= 0.3 is 5.97 Å². The lowest BCUT2D eigenvalue weighted by Crippen LogP contribution is -2.61. The van der Waals surface area contributed by atoms with Crippen LogP contribution in [0.4, 0.5) is 0 Å². The van der Waals surface area contributed by atoms with Crippen molar-refractivity contribution < 1.29 is 58.5 Å². The fraction of sp³-hybridized carbons (Fsp3) is 0.708. The Kier molecular flexibility index (Phi) is 41.8. The lowest BCUT2D eigenvalue weighted by molar-refractivity contribution is -0.145. The second-order valence-corrected chi connectivity index (χ2v) is 25.2. The van der Waals surface area contributed by atoms with Gasteiger partial charge in [-0.2, -0.15) is 0 Å². The van der Waals surface area contributed by atoms with Crippen molar-refractivity contribution in [2.75, 3.05) is 32.7 Å². The number of phenolic OH excluding ortho intramolecular Hbond substituents is 1. The molecule has 9 atom stereocenters. The molecule has 0 unspecified atom stereocenters. The van der Waals surface area contributed by atoms with Gasteiger partial charge in [-0.05, 0) is 101 Å². The van der Waals surface area contributed by atoms with E-state index < -0.39 is 108 Å². The Balaban J connectivity index is 2.40. The summed E-state index contributed by atoms with van der Waals surface area (Å²) in [6.45, 7) is 7.09. The van der Waals surface area contributed by atoms with E-state index in [2.05, 4.69) is 64.1 Å². The number of aromatic hydroxyl groups is 1. The molecule has 26 N–H and O–H groups in total. The summed E-state index contributed by atoms with van der Waals surface area (Å²) in [5.74, 6) is -9.14. The van der Waals surface area contributed by atoms with E-state index in [1.807, 2.05) is 0 Å². The summed E-state index contributed by atoms with van der Waals surface area (Å²) in [5.41, 5.74) is 44.6. The van der Waals surface area contributed by atoms with Crippen LogP contribution in [0.2, 0.25) is 0 Å². The maximum Gasteiger partial charge on any atom is 0.326 e. The summed E-state index contributed by atoms with van der Waals surface area (Å²) < 4.78 is 0. The minimum Gasteiger partial charge on any atom is -0.508 e. The van der Waals surface area contributed by atoms with Crippen LogP contribution in [0.15, 0.2) is 44.2 Å². The standard InChI is InChI=1S/C65H116N20O12/c1-5-6-7-8-9-10-11-12-13-14-15-16-17-18-19-30-51(88)83-52(41(2)3)59(94)84-53(42(4)86)60(95)85-39-24-29-50(85)58(93)82-49(40-43-31-33-44(87)34-32-43)57(92)80-46(26-21-36-75-63(68)69)55(90)78-45(25-20-35-74-62(66)67)54(89)79-47(27-22-37-76-64(70)71)56(91)81-48(61(96)97)28-23-38-77-65(72)73/h31-34,41-42,45-50,52-53,86-87H,5-30,35-40H2,1-4H3,(H,78,90)(H,79,89)(H,80,92)(H,81,91)(H,82,93)(H,83,88)(H,84,94)(H,96,97)(H4,66,67,74)(H4,68,69,75)(H4,70,71,76)(H4,72,73,77)/t42-,45+,46+,47+,48+,49+,50+,52+,53+/m1/s1. The van der Waals surface area contributed by atoms with E-state index in [1.165, 1.54) is 100 Å². The van der Waals surface area contributed by atoms with Crippen LogP contribution in [0.5, 0.6) is 5.75 Å². The van der Waals surface area contributed by atoms with Crippen LogP contribution in [0, 0.1) is 5.92 Å². The first kappa shape index (κ1) is 84.4. The van der Waals surface area contributed by atoms with E-state index in [9.17, 15) is 58.5 Å². The van der Waals surface area contributed by atoms with Crippen LogP contribution in [0.3, 0.4) is 0 Å². The predicted octanol–water partition coefficient (Wildman–Crippen LogP) is -0.0834. The van der Waals surface area contributed by atoms with E-state index in [0.717, 1.165) is 25.7 Å². The van der Waals surface area contributed by atoms with E-state index in [-0.39, 0.29) is 139 Å². The van der Waals surface area contributed by atoms with E-state index in [4.69, 9.17) is 45.9 Å². The SMILES string of the molecule is CCCCCCCCCCCCCCCCCC(=O)N[C@H](C(=O)N[C@H](C(=O)N1CCC[C@H]1C(=O)N[C@@H](Cc1ccc(O)cc1)C(=O)N[C@@H](CCCN=C(N)N)C(=O)N[C@@H](CCCN=C(N)N)C(=O)N[C@@H](CCCN=C(N)N)C(=O)N[C@@H](CCCN=C(N)N)C(=O)O)[C@@H](C)O)C(C)C. The number of hydrogen-bond acceptors (Lipinski definition) is 15. The van der Waals surface area contributed by atoms with Gasteiger partial charge in [0.25, 0.3) is 0 Å². The molecular weight excluding hydrogens is 1250 g/mol. The van der Waals surface area contributed by atoms with Crippen LogP contribution in [-0.4, -0.2) is 184 Å². The highest BCUT2D eigenvalue weighted by Gasteiger charge is 2.42. The Morgan fingerprint density at radius 2 is 0.866 bits per heavy atom. The summed E-state index contributed by atoms with van der Waals surface area (Å²) >= 11 is 0. The highest BCUT2D eigenvalue weighted by molar-refractivity contribution is 5.98. The monoisotopic (exact) mass is 1370 g/mol. The number of aliphatic carboxylic acids is 1. The van der Waals surface area contributed by atoms with Gasteiger partial charge in [-0.25, -0.2) is 4.79 Å². The summed E-state index contributed by atoms with van der Waals surface area (Å²) in [4.78, 5) is 143. The van der Waals surface area contributed by atoms with Gasteiger partial charge in [0.15, 0.2) is 23.8 Å². The van der Waals surface area contributed by atoms with Crippen LogP contribution in [0.1, 0.15) is 200 Å². The van der Waals surface area contributed by atoms with Gasteiger partial charge in [0.05, 0.1) is 6.10 Å². The molecule has 0 saturated carbocycles. The maximum absolute atomic E-state index is 14.8. The summed E-state index contributed by atoms with van der Waals surface area (Å²) in [5, 5.41) is 49.8. The Morgan fingerprint density at radius 3 is 1.25 bits per heavy atom.